The van der Waals surface area contributed by atoms with Crippen molar-refractivity contribution in [1.29, 1.82) is 0 Å². The number of aliphatic hydroxyl groups is 1. The van der Waals surface area contributed by atoms with Crippen LogP contribution in [0, 0.1) is 0 Å². The van der Waals surface area contributed by atoms with Crippen molar-refractivity contribution in [2.45, 2.75) is 32.1 Å². The first-order chi connectivity index (χ1) is 6.27. The molecule has 0 aliphatic carbocycles. The molecule has 0 aliphatic rings. The second-order valence-corrected chi connectivity index (χ2v) is 3.03. The number of hydrogen-bond donors (Lipinski definition) is 3. The van der Waals surface area contributed by atoms with Gasteiger partial charge in [-0.1, -0.05) is 6.42 Å². The topological polar surface area (TPSA) is 69.6 Å². The quantitative estimate of drug-likeness (QED) is 0.465. The number of unbranched alkanes of at least 4 members (excludes halogenated alkanes) is 2. The van der Waals surface area contributed by atoms with E-state index in [1.165, 1.54) is 0 Å². The molecular formula is C9H19NO3. The van der Waals surface area contributed by atoms with Gasteiger partial charge in [-0.2, -0.15) is 0 Å². The van der Waals surface area contributed by atoms with E-state index in [9.17, 15) is 4.79 Å². The van der Waals surface area contributed by atoms with Crippen LogP contribution in [0.15, 0.2) is 0 Å². The van der Waals surface area contributed by atoms with Gasteiger partial charge in [0.1, 0.15) is 0 Å². The van der Waals surface area contributed by atoms with E-state index in [2.05, 4.69) is 5.32 Å². The van der Waals surface area contributed by atoms with Gasteiger partial charge in [0, 0.05) is 13.0 Å². The molecule has 0 radical (unpaired) electrons. The average molecular weight is 189 g/mol. The van der Waals surface area contributed by atoms with E-state index in [0.29, 0.717) is 0 Å². The highest BCUT2D eigenvalue weighted by Crippen LogP contribution is 1.98. The fraction of sp³-hybridized carbons (Fsp3) is 0.889. The van der Waals surface area contributed by atoms with Gasteiger partial charge in [0.05, 0.1) is 0 Å². The standard InChI is InChI=1S/C9H19NO3/c11-8-4-7-10-6-3-1-2-5-9(12)13/h10-11H,1-8H2,(H,12,13). The minimum absolute atomic E-state index is 0.228. The Balaban J connectivity index is 2.87. The van der Waals surface area contributed by atoms with Crippen LogP contribution in [-0.4, -0.2) is 35.9 Å². The molecular weight excluding hydrogens is 170 g/mol. The van der Waals surface area contributed by atoms with Gasteiger partial charge in [0.15, 0.2) is 0 Å². The second-order valence-electron chi connectivity index (χ2n) is 3.03. The van der Waals surface area contributed by atoms with Crippen LogP contribution in [0.25, 0.3) is 0 Å². The van der Waals surface area contributed by atoms with Gasteiger partial charge in [-0.25, -0.2) is 0 Å². The number of nitrogens with one attached hydrogen (secondary N) is 1. The lowest BCUT2D eigenvalue weighted by Crippen LogP contribution is -2.17. The molecule has 3 N–H and O–H groups in total. The molecule has 13 heavy (non-hydrogen) atoms. The fourth-order valence-corrected chi connectivity index (χ4v) is 1.03. The predicted octanol–water partition coefficient (Wildman–Crippen LogP) is 0.603. The van der Waals surface area contributed by atoms with Gasteiger partial charge < -0.3 is 15.5 Å². The molecule has 0 atom stereocenters. The van der Waals surface area contributed by atoms with Crippen molar-refractivity contribution in [1.82, 2.24) is 5.32 Å². The van der Waals surface area contributed by atoms with E-state index in [1.54, 1.807) is 0 Å². The summed E-state index contributed by atoms with van der Waals surface area (Å²) >= 11 is 0. The summed E-state index contributed by atoms with van der Waals surface area (Å²) in [6, 6.07) is 0. The highest BCUT2D eigenvalue weighted by Gasteiger charge is 1.95. The maximum absolute atomic E-state index is 10.1. The number of carboxylic acid groups (broad SMARTS) is 1. The molecule has 0 fully saturated rings. The lowest BCUT2D eigenvalue weighted by atomic mass is 10.2. The summed E-state index contributed by atoms with van der Waals surface area (Å²) in [5.74, 6) is -0.715. The van der Waals surface area contributed by atoms with Crippen LogP contribution >= 0.6 is 0 Å². The molecule has 0 heterocycles. The third-order valence-corrected chi connectivity index (χ3v) is 1.76. The molecule has 0 bridgehead atoms. The molecule has 78 valence electrons. The molecule has 0 unspecified atom stereocenters. The van der Waals surface area contributed by atoms with Crippen molar-refractivity contribution in [3.05, 3.63) is 0 Å². The zero-order chi connectivity index (χ0) is 9.94. The van der Waals surface area contributed by atoms with Crippen LogP contribution in [-0.2, 0) is 4.79 Å². The zero-order valence-corrected chi connectivity index (χ0v) is 7.96. The van der Waals surface area contributed by atoms with Crippen LogP contribution in [0.1, 0.15) is 32.1 Å². The zero-order valence-electron chi connectivity index (χ0n) is 7.96. The van der Waals surface area contributed by atoms with Crippen LogP contribution < -0.4 is 5.32 Å². The van der Waals surface area contributed by atoms with Gasteiger partial charge in [-0.15, -0.1) is 0 Å². The molecule has 0 aliphatic heterocycles. The van der Waals surface area contributed by atoms with Gasteiger partial charge in [-0.05, 0) is 32.4 Å². The Labute approximate surface area is 79.0 Å². The normalized spacial score (nSPS) is 10.2. The van der Waals surface area contributed by atoms with Crippen LogP contribution in [0.2, 0.25) is 0 Å². The SMILES string of the molecule is O=C(O)CCCCCNCCCO. The first-order valence-corrected chi connectivity index (χ1v) is 4.80. The third-order valence-electron chi connectivity index (χ3n) is 1.76. The van der Waals surface area contributed by atoms with Crippen LogP contribution in [0.5, 0.6) is 0 Å². The summed E-state index contributed by atoms with van der Waals surface area (Å²) in [5, 5.41) is 20.0. The Morgan fingerprint density at radius 2 is 1.77 bits per heavy atom. The number of carbonyl (C=O) groups is 1. The van der Waals surface area contributed by atoms with Crippen molar-refractivity contribution in [2.75, 3.05) is 19.7 Å². The fourth-order valence-electron chi connectivity index (χ4n) is 1.03. The second kappa shape index (κ2) is 9.48. The Kier molecular flexibility index (Phi) is 9.03. The number of aliphatic carboxylic acids is 1. The summed E-state index contributed by atoms with van der Waals surface area (Å²) in [6.45, 7) is 1.99. The maximum Gasteiger partial charge on any atom is 0.303 e. The Hall–Kier alpha value is -0.610. The van der Waals surface area contributed by atoms with Gasteiger partial charge in [-0.3, -0.25) is 4.79 Å². The molecule has 0 rings (SSSR count). The number of aliphatic hydroxyl groups excluding tert-OH is 1. The smallest absolute Gasteiger partial charge is 0.303 e. The first-order valence-electron chi connectivity index (χ1n) is 4.80. The van der Waals surface area contributed by atoms with E-state index in [0.717, 1.165) is 38.8 Å². The van der Waals surface area contributed by atoms with Crippen molar-refractivity contribution < 1.29 is 15.0 Å². The molecule has 0 aromatic heterocycles. The highest BCUT2D eigenvalue weighted by atomic mass is 16.4. The molecule has 0 aromatic rings. The summed E-state index contributed by atoms with van der Waals surface area (Å²) in [5.41, 5.74) is 0. The van der Waals surface area contributed by atoms with Gasteiger partial charge >= 0.3 is 5.97 Å². The minimum atomic E-state index is -0.715. The number of rotatable bonds is 9. The van der Waals surface area contributed by atoms with Crippen molar-refractivity contribution >= 4 is 5.97 Å². The minimum Gasteiger partial charge on any atom is -0.481 e. The number of hydrogen-bond acceptors (Lipinski definition) is 3. The Morgan fingerprint density at radius 1 is 1.08 bits per heavy atom. The van der Waals surface area contributed by atoms with E-state index < -0.39 is 5.97 Å². The molecule has 0 saturated heterocycles. The van der Waals surface area contributed by atoms with E-state index in [-0.39, 0.29) is 13.0 Å². The van der Waals surface area contributed by atoms with E-state index in [1.807, 2.05) is 0 Å². The molecule has 0 aromatic carbocycles. The maximum atomic E-state index is 10.1. The predicted molar refractivity (Wildman–Crippen MR) is 50.7 cm³/mol. The van der Waals surface area contributed by atoms with Crippen LogP contribution in [0.4, 0.5) is 0 Å². The molecule has 0 spiro atoms. The highest BCUT2D eigenvalue weighted by molar-refractivity contribution is 5.66. The van der Waals surface area contributed by atoms with Crippen molar-refractivity contribution in [3.63, 3.8) is 0 Å². The first kappa shape index (κ1) is 12.4. The Bertz CT molecular complexity index is 128. The summed E-state index contributed by atoms with van der Waals surface area (Å²) in [7, 11) is 0. The summed E-state index contributed by atoms with van der Waals surface area (Å²) in [6.07, 6.45) is 3.79. The number of carboxylic acids is 1. The Morgan fingerprint density at radius 3 is 2.38 bits per heavy atom. The molecule has 0 amide bonds. The average Bonchev–Trinajstić information content (AvgIpc) is 2.09. The van der Waals surface area contributed by atoms with Crippen molar-refractivity contribution in [3.8, 4) is 0 Å². The van der Waals surface area contributed by atoms with Gasteiger partial charge in [0.2, 0.25) is 0 Å². The van der Waals surface area contributed by atoms with E-state index >= 15 is 0 Å². The lowest BCUT2D eigenvalue weighted by Gasteiger charge is -2.02. The van der Waals surface area contributed by atoms with E-state index in [4.69, 9.17) is 10.2 Å². The van der Waals surface area contributed by atoms with Crippen molar-refractivity contribution in [2.24, 2.45) is 0 Å². The molecule has 4 nitrogen and oxygen atoms in total. The summed E-state index contributed by atoms with van der Waals surface area (Å²) in [4.78, 5) is 10.1. The molecule has 0 saturated carbocycles. The largest absolute Gasteiger partial charge is 0.481 e. The monoisotopic (exact) mass is 189 g/mol. The summed E-state index contributed by atoms with van der Waals surface area (Å²) < 4.78 is 0. The molecule has 4 heteroatoms. The third kappa shape index (κ3) is 11.4. The lowest BCUT2D eigenvalue weighted by molar-refractivity contribution is -0.137. The van der Waals surface area contributed by atoms with Crippen LogP contribution in [0.3, 0.4) is 0 Å². The van der Waals surface area contributed by atoms with Gasteiger partial charge in [0.25, 0.3) is 0 Å².